The van der Waals surface area contributed by atoms with E-state index >= 15 is 0 Å². The molecule has 16 heavy (non-hydrogen) atoms. The summed E-state index contributed by atoms with van der Waals surface area (Å²) in [4.78, 5) is 1.36. The van der Waals surface area contributed by atoms with E-state index in [1.54, 1.807) is 12.1 Å². The maximum atomic E-state index is 12.7. The van der Waals surface area contributed by atoms with Gasteiger partial charge in [0.25, 0.3) is 0 Å². The molecule has 0 spiro atoms. The standard InChI is InChI=1S/C11H13F3N2/c12-11(13,14)10(7-15)16-6-5-8-3-1-2-4-9(8)16/h1-4,10H,5-7,15H2. The summed E-state index contributed by atoms with van der Waals surface area (Å²) in [5.74, 6) is 0. The monoisotopic (exact) mass is 230 g/mol. The molecule has 1 aliphatic heterocycles. The van der Waals surface area contributed by atoms with Crippen molar-refractivity contribution in [3.8, 4) is 0 Å². The molecule has 88 valence electrons. The number of hydrogen-bond acceptors (Lipinski definition) is 2. The molecule has 0 aromatic heterocycles. The molecule has 1 aromatic carbocycles. The predicted molar refractivity (Wildman–Crippen MR) is 56.4 cm³/mol. The highest BCUT2D eigenvalue weighted by molar-refractivity contribution is 5.58. The Hall–Kier alpha value is -1.23. The van der Waals surface area contributed by atoms with E-state index in [2.05, 4.69) is 0 Å². The van der Waals surface area contributed by atoms with Crippen LogP contribution in [0.2, 0.25) is 0 Å². The highest BCUT2D eigenvalue weighted by atomic mass is 19.4. The molecule has 1 heterocycles. The van der Waals surface area contributed by atoms with Gasteiger partial charge < -0.3 is 10.6 Å². The fourth-order valence-corrected chi connectivity index (χ4v) is 2.13. The number of anilines is 1. The molecule has 2 nitrogen and oxygen atoms in total. The van der Waals surface area contributed by atoms with Crippen molar-refractivity contribution in [2.24, 2.45) is 5.73 Å². The van der Waals surface area contributed by atoms with Crippen LogP contribution in [0.1, 0.15) is 5.56 Å². The maximum absolute atomic E-state index is 12.7. The first-order valence-corrected chi connectivity index (χ1v) is 5.15. The summed E-state index contributed by atoms with van der Waals surface area (Å²) in [6.45, 7) is -0.0153. The van der Waals surface area contributed by atoms with Gasteiger partial charge in [0.05, 0.1) is 0 Å². The van der Waals surface area contributed by atoms with Gasteiger partial charge in [-0.25, -0.2) is 0 Å². The van der Waals surface area contributed by atoms with Gasteiger partial charge in [0.1, 0.15) is 6.04 Å². The predicted octanol–water partition coefficient (Wildman–Crippen LogP) is 1.94. The molecular formula is C11H13F3N2. The molecule has 1 aromatic rings. The van der Waals surface area contributed by atoms with Crippen LogP contribution in [-0.2, 0) is 6.42 Å². The molecule has 1 unspecified atom stereocenters. The molecule has 0 amide bonds. The van der Waals surface area contributed by atoms with Crippen molar-refractivity contribution in [3.63, 3.8) is 0 Å². The number of nitrogens with zero attached hydrogens (tertiary/aromatic N) is 1. The molecule has 2 rings (SSSR count). The minimum atomic E-state index is -4.27. The minimum absolute atomic E-state index is 0.390. The second kappa shape index (κ2) is 3.97. The van der Waals surface area contributed by atoms with E-state index < -0.39 is 18.8 Å². The lowest BCUT2D eigenvalue weighted by Crippen LogP contribution is -2.49. The van der Waals surface area contributed by atoms with Crippen LogP contribution in [0.4, 0.5) is 18.9 Å². The van der Waals surface area contributed by atoms with Crippen LogP contribution in [0.25, 0.3) is 0 Å². The van der Waals surface area contributed by atoms with Crippen LogP contribution in [0.3, 0.4) is 0 Å². The van der Waals surface area contributed by atoms with Crippen LogP contribution >= 0.6 is 0 Å². The molecule has 0 saturated heterocycles. The van der Waals surface area contributed by atoms with Crippen molar-refractivity contribution >= 4 is 5.69 Å². The average molecular weight is 230 g/mol. The van der Waals surface area contributed by atoms with E-state index in [0.29, 0.717) is 18.7 Å². The highest BCUT2D eigenvalue weighted by Gasteiger charge is 2.44. The Morgan fingerprint density at radius 1 is 1.31 bits per heavy atom. The second-order valence-corrected chi connectivity index (χ2v) is 3.87. The number of rotatable bonds is 2. The largest absolute Gasteiger partial charge is 0.409 e. The molecular weight excluding hydrogens is 217 g/mol. The lowest BCUT2D eigenvalue weighted by Gasteiger charge is -2.30. The quantitative estimate of drug-likeness (QED) is 0.841. The van der Waals surface area contributed by atoms with Gasteiger partial charge in [0, 0.05) is 18.8 Å². The van der Waals surface area contributed by atoms with Crippen LogP contribution in [0.5, 0.6) is 0 Å². The van der Waals surface area contributed by atoms with Gasteiger partial charge in [-0.3, -0.25) is 0 Å². The first kappa shape index (κ1) is 11.3. The first-order chi connectivity index (χ1) is 7.54. The van der Waals surface area contributed by atoms with E-state index in [4.69, 9.17) is 5.73 Å². The van der Waals surface area contributed by atoms with Gasteiger partial charge in [0.15, 0.2) is 0 Å². The number of halogens is 3. The molecule has 2 N–H and O–H groups in total. The van der Waals surface area contributed by atoms with E-state index in [0.717, 1.165) is 5.56 Å². The van der Waals surface area contributed by atoms with Crippen molar-refractivity contribution in [3.05, 3.63) is 29.8 Å². The Morgan fingerprint density at radius 3 is 2.62 bits per heavy atom. The molecule has 0 aliphatic carbocycles. The zero-order valence-corrected chi connectivity index (χ0v) is 8.67. The van der Waals surface area contributed by atoms with Crippen molar-refractivity contribution in [2.45, 2.75) is 18.6 Å². The number of benzene rings is 1. The highest BCUT2D eigenvalue weighted by Crippen LogP contribution is 2.34. The number of nitrogens with two attached hydrogens (primary N) is 1. The topological polar surface area (TPSA) is 29.3 Å². The fraction of sp³-hybridized carbons (Fsp3) is 0.455. The summed E-state index contributed by atoms with van der Waals surface area (Å²) >= 11 is 0. The third kappa shape index (κ3) is 1.87. The number of para-hydroxylation sites is 1. The summed E-state index contributed by atoms with van der Waals surface area (Å²) < 4.78 is 38.2. The van der Waals surface area contributed by atoms with Gasteiger partial charge in [-0.1, -0.05) is 18.2 Å². The Balaban J connectivity index is 2.30. The van der Waals surface area contributed by atoms with Crippen molar-refractivity contribution in [1.29, 1.82) is 0 Å². The van der Waals surface area contributed by atoms with Gasteiger partial charge in [-0.15, -0.1) is 0 Å². The zero-order chi connectivity index (χ0) is 11.8. The Labute approximate surface area is 91.8 Å². The molecule has 1 atom stereocenters. The summed E-state index contributed by atoms with van der Waals surface area (Å²) in [5.41, 5.74) is 6.86. The smallest absolute Gasteiger partial charge is 0.358 e. The number of hydrogen-bond donors (Lipinski definition) is 1. The van der Waals surface area contributed by atoms with Crippen LogP contribution in [0.15, 0.2) is 24.3 Å². The van der Waals surface area contributed by atoms with Crippen LogP contribution in [0, 0.1) is 0 Å². The normalized spacial score (nSPS) is 17.4. The zero-order valence-electron chi connectivity index (χ0n) is 8.67. The molecule has 0 bridgehead atoms. The van der Waals surface area contributed by atoms with Crippen molar-refractivity contribution in [1.82, 2.24) is 0 Å². The lowest BCUT2D eigenvalue weighted by molar-refractivity contribution is -0.146. The molecule has 0 radical (unpaired) electrons. The maximum Gasteiger partial charge on any atom is 0.409 e. The Kier molecular flexibility index (Phi) is 2.80. The van der Waals surface area contributed by atoms with E-state index in [9.17, 15) is 13.2 Å². The average Bonchev–Trinajstić information content (AvgIpc) is 2.61. The van der Waals surface area contributed by atoms with Crippen molar-refractivity contribution < 1.29 is 13.2 Å². The summed E-state index contributed by atoms with van der Waals surface area (Å²) in [5, 5.41) is 0. The Morgan fingerprint density at radius 2 is 2.00 bits per heavy atom. The van der Waals surface area contributed by atoms with Crippen molar-refractivity contribution in [2.75, 3.05) is 18.0 Å². The molecule has 5 heteroatoms. The third-order valence-electron chi connectivity index (χ3n) is 2.90. The SMILES string of the molecule is NCC(N1CCc2ccccc21)C(F)(F)F. The molecule has 1 aliphatic rings. The third-order valence-corrected chi connectivity index (χ3v) is 2.90. The first-order valence-electron chi connectivity index (χ1n) is 5.15. The summed E-state index contributed by atoms with van der Waals surface area (Å²) in [6.07, 6.45) is -3.62. The Bertz CT molecular complexity index is 376. The van der Waals surface area contributed by atoms with Crippen LogP contribution in [-0.4, -0.2) is 25.3 Å². The lowest BCUT2D eigenvalue weighted by atomic mass is 10.1. The van der Waals surface area contributed by atoms with Crippen LogP contribution < -0.4 is 10.6 Å². The van der Waals surface area contributed by atoms with Gasteiger partial charge in [-0.05, 0) is 18.1 Å². The summed E-state index contributed by atoms with van der Waals surface area (Å²) in [7, 11) is 0. The number of alkyl halides is 3. The minimum Gasteiger partial charge on any atom is -0.358 e. The van der Waals surface area contributed by atoms with E-state index in [1.165, 1.54) is 4.90 Å². The fourth-order valence-electron chi connectivity index (χ4n) is 2.13. The van der Waals surface area contributed by atoms with Gasteiger partial charge >= 0.3 is 6.18 Å². The number of fused-ring (bicyclic) bond motifs is 1. The second-order valence-electron chi connectivity index (χ2n) is 3.87. The molecule has 0 fully saturated rings. The summed E-state index contributed by atoms with van der Waals surface area (Å²) in [6, 6.07) is 5.60. The van der Waals surface area contributed by atoms with E-state index in [-0.39, 0.29) is 0 Å². The van der Waals surface area contributed by atoms with Gasteiger partial charge in [-0.2, -0.15) is 13.2 Å². The van der Waals surface area contributed by atoms with Gasteiger partial charge in [0.2, 0.25) is 0 Å². The van der Waals surface area contributed by atoms with E-state index in [1.807, 2.05) is 12.1 Å². The molecule has 0 saturated carbocycles.